The summed E-state index contributed by atoms with van der Waals surface area (Å²) in [6, 6.07) is 9.70. The molecule has 0 radical (unpaired) electrons. The van der Waals surface area contributed by atoms with E-state index in [9.17, 15) is 13.6 Å². The maximum atomic E-state index is 13.9. The first kappa shape index (κ1) is 18.5. The van der Waals surface area contributed by atoms with E-state index < -0.39 is 17.8 Å². The maximum absolute atomic E-state index is 13.9. The highest BCUT2D eigenvalue weighted by Crippen LogP contribution is 2.22. The number of rotatable bonds is 5. The van der Waals surface area contributed by atoms with E-state index in [0.717, 1.165) is 0 Å². The van der Waals surface area contributed by atoms with E-state index in [1.54, 1.807) is 32.0 Å². The van der Waals surface area contributed by atoms with Crippen LogP contribution in [-0.4, -0.2) is 27.8 Å². The van der Waals surface area contributed by atoms with Crippen molar-refractivity contribution >= 4 is 5.91 Å². The minimum atomic E-state index is -0.509. The van der Waals surface area contributed by atoms with Crippen LogP contribution in [0.15, 0.2) is 42.5 Å². The number of aryl methyl sites for hydroxylation is 1. The molecule has 3 aromatic rings. The fourth-order valence-electron chi connectivity index (χ4n) is 2.61. The average Bonchev–Trinajstić information content (AvgIpc) is 3.04. The Morgan fingerprint density at radius 2 is 1.89 bits per heavy atom. The first-order valence-electron chi connectivity index (χ1n) is 8.23. The van der Waals surface area contributed by atoms with Crippen molar-refractivity contribution in [3.63, 3.8) is 0 Å². The SMILES string of the molecule is COc1ccc([C@H](C)NC(=O)c2nc(C)n(-c3ccc(F)cc3)n2)cc1F. The van der Waals surface area contributed by atoms with Crippen molar-refractivity contribution in [2.45, 2.75) is 19.9 Å². The van der Waals surface area contributed by atoms with Gasteiger partial charge in [-0.1, -0.05) is 6.07 Å². The van der Waals surface area contributed by atoms with Crippen LogP contribution in [0.5, 0.6) is 5.75 Å². The summed E-state index contributed by atoms with van der Waals surface area (Å²) < 4.78 is 33.3. The standard InChI is InChI=1S/C19H18F2N4O2/c1-11(13-4-9-17(27-3)16(21)10-13)22-19(26)18-23-12(2)25(24-18)15-7-5-14(20)6-8-15/h4-11H,1-3H3,(H,22,26)/t11-/m0/s1. The van der Waals surface area contributed by atoms with E-state index >= 15 is 0 Å². The van der Waals surface area contributed by atoms with Crippen LogP contribution in [-0.2, 0) is 0 Å². The molecule has 1 N–H and O–H groups in total. The lowest BCUT2D eigenvalue weighted by Crippen LogP contribution is -2.27. The minimum absolute atomic E-state index is 0.0299. The zero-order chi connectivity index (χ0) is 19.6. The van der Waals surface area contributed by atoms with Gasteiger partial charge in [-0.3, -0.25) is 4.79 Å². The van der Waals surface area contributed by atoms with Crippen LogP contribution in [0, 0.1) is 18.6 Å². The number of carbonyl (C=O) groups is 1. The third-order valence-electron chi connectivity index (χ3n) is 4.07. The number of nitrogens with zero attached hydrogens (tertiary/aromatic N) is 3. The molecule has 0 fully saturated rings. The summed E-state index contributed by atoms with van der Waals surface area (Å²) in [5.41, 5.74) is 1.17. The largest absolute Gasteiger partial charge is 0.494 e. The molecule has 0 aliphatic heterocycles. The van der Waals surface area contributed by atoms with Gasteiger partial charge in [0.2, 0.25) is 5.82 Å². The monoisotopic (exact) mass is 372 g/mol. The summed E-state index contributed by atoms with van der Waals surface area (Å²) in [6.45, 7) is 3.42. The van der Waals surface area contributed by atoms with Gasteiger partial charge in [0, 0.05) is 0 Å². The van der Waals surface area contributed by atoms with Gasteiger partial charge in [-0.15, -0.1) is 5.10 Å². The van der Waals surface area contributed by atoms with Crippen LogP contribution in [0.3, 0.4) is 0 Å². The molecule has 0 saturated heterocycles. The van der Waals surface area contributed by atoms with Crippen LogP contribution in [0.4, 0.5) is 8.78 Å². The van der Waals surface area contributed by atoms with Crippen molar-refractivity contribution in [2.24, 2.45) is 0 Å². The van der Waals surface area contributed by atoms with Gasteiger partial charge in [-0.2, -0.15) is 0 Å². The number of methoxy groups -OCH3 is 1. The van der Waals surface area contributed by atoms with E-state index in [0.29, 0.717) is 17.1 Å². The molecule has 1 atom stereocenters. The molecule has 140 valence electrons. The van der Waals surface area contributed by atoms with Crippen LogP contribution in [0.25, 0.3) is 5.69 Å². The molecule has 27 heavy (non-hydrogen) atoms. The molecule has 6 nitrogen and oxygen atoms in total. The van der Waals surface area contributed by atoms with Gasteiger partial charge in [0.15, 0.2) is 11.6 Å². The number of aromatic nitrogens is 3. The molecule has 1 aromatic heterocycles. The number of hydrogen-bond donors (Lipinski definition) is 1. The van der Waals surface area contributed by atoms with Gasteiger partial charge >= 0.3 is 0 Å². The summed E-state index contributed by atoms with van der Waals surface area (Å²) in [5.74, 6) is -0.788. The fourth-order valence-corrected chi connectivity index (χ4v) is 2.61. The molecule has 0 spiro atoms. The summed E-state index contributed by atoms with van der Waals surface area (Å²) in [7, 11) is 1.38. The Hall–Kier alpha value is -3.29. The number of hydrogen-bond acceptors (Lipinski definition) is 4. The topological polar surface area (TPSA) is 69.0 Å². The summed E-state index contributed by atoms with van der Waals surface area (Å²) in [5, 5.41) is 6.91. The molecule has 3 rings (SSSR count). The molecule has 1 amide bonds. The second-order valence-corrected chi connectivity index (χ2v) is 5.96. The van der Waals surface area contributed by atoms with E-state index in [1.165, 1.54) is 36.1 Å². The first-order chi connectivity index (χ1) is 12.9. The molecular formula is C19H18F2N4O2. The Morgan fingerprint density at radius 3 is 2.52 bits per heavy atom. The highest BCUT2D eigenvalue weighted by molar-refractivity contribution is 5.90. The maximum Gasteiger partial charge on any atom is 0.291 e. The number of ether oxygens (including phenoxy) is 1. The molecule has 0 bridgehead atoms. The van der Waals surface area contributed by atoms with Gasteiger partial charge in [0.05, 0.1) is 18.8 Å². The van der Waals surface area contributed by atoms with Gasteiger partial charge < -0.3 is 10.1 Å². The molecule has 8 heteroatoms. The van der Waals surface area contributed by atoms with Crippen molar-refractivity contribution in [2.75, 3.05) is 7.11 Å². The second-order valence-electron chi connectivity index (χ2n) is 5.96. The fraction of sp³-hybridized carbons (Fsp3) is 0.211. The molecule has 2 aromatic carbocycles. The average molecular weight is 372 g/mol. The lowest BCUT2D eigenvalue weighted by molar-refractivity contribution is 0.0929. The highest BCUT2D eigenvalue weighted by atomic mass is 19.1. The molecule has 0 saturated carbocycles. The third kappa shape index (κ3) is 3.94. The smallest absolute Gasteiger partial charge is 0.291 e. The molecule has 0 aliphatic rings. The zero-order valence-corrected chi connectivity index (χ0v) is 15.0. The normalized spacial score (nSPS) is 11.9. The van der Waals surface area contributed by atoms with Crippen LogP contribution in [0.2, 0.25) is 0 Å². The predicted molar refractivity (Wildman–Crippen MR) is 94.9 cm³/mol. The number of carbonyl (C=O) groups excluding carboxylic acids is 1. The predicted octanol–water partition coefficient (Wildman–Crippen LogP) is 3.35. The van der Waals surface area contributed by atoms with Crippen molar-refractivity contribution in [3.8, 4) is 11.4 Å². The van der Waals surface area contributed by atoms with Gasteiger partial charge in [0.1, 0.15) is 11.6 Å². The van der Waals surface area contributed by atoms with Crippen molar-refractivity contribution < 1.29 is 18.3 Å². The molecular weight excluding hydrogens is 354 g/mol. The second kappa shape index (κ2) is 7.53. The Morgan fingerprint density at radius 1 is 1.19 bits per heavy atom. The van der Waals surface area contributed by atoms with E-state index in [2.05, 4.69) is 15.4 Å². The number of halogens is 2. The summed E-state index contributed by atoms with van der Waals surface area (Å²) >= 11 is 0. The Bertz CT molecular complexity index is 970. The van der Waals surface area contributed by atoms with Crippen LogP contribution < -0.4 is 10.1 Å². The first-order valence-corrected chi connectivity index (χ1v) is 8.23. The Labute approximate surface area is 154 Å². The molecule has 0 aliphatic carbocycles. The molecule has 1 heterocycles. The Balaban J connectivity index is 1.77. The minimum Gasteiger partial charge on any atom is -0.494 e. The van der Waals surface area contributed by atoms with E-state index in [-0.39, 0.29) is 17.4 Å². The number of amides is 1. The van der Waals surface area contributed by atoms with Gasteiger partial charge in [0.25, 0.3) is 5.91 Å². The quantitative estimate of drug-likeness (QED) is 0.746. The van der Waals surface area contributed by atoms with Crippen LogP contribution in [0.1, 0.15) is 35.0 Å². The molecule has 0 unspecified atom stereocenters. The number of benzene rings is 2. The number of nitrogens with one attached hydrogen (secondary N) is 1. The van der Waals surface area contributed by atoms with Gasteiger partial charge in [-0.25, -0.2) is 18.4 Å². The summed E-state index contributed by atoms with van der Waals surface area (Å²) in [4.78, 5) is 16.6. The van der Waals surface area contributed by atoms with Crippen molar-refractivity contribution in [1.82, 2.24) is 20.1 Å². The van der Waals surface area contributed by atoms with Gasteiger partial charge in [-0.05, 0) is 55.8 Å². The van der Waals surface area contributed by atoms with E-state index in [1.807, 2.05) is 0 Å². The lowest BCUT2D eigenvalue weighted by atomic mass is 10.1. The highest BCUT2D eigenvalue weighted by Gasteiger charge is 2.18. The van der Waals surface area contributed by atoms with Crippen LogP contribution >= 0.6 is 0 Å². The lowest BCUT2D eigenvalue weighted by Gasteiger charge is -2.14. The Kier molecular flexibility index (Phi) is 5.16. The summed E-state index contributed by atoms with van der Waals surface area (Å²) in [6.07, 6.45) is 0. The van der Waals surface area contributed by atoms with Crippen molar-refractivity contribution in [1.29, 1.82) is 0 Å². The van der Waals surface area contributed by atoms with E-state index in [4.69, 9.17) is 4.74 Å². The third-order valence-corrected chi connectivity index (χ3v) is 4.07. The zero-order valence-electron chi connectivity index (χ0n) is 15.0. The van der Waals surface area contributed by atoms with Crippen molar-refractivity contribution in [3.05, 3.63) is 71.3 Å².